The Labute approximate surface area is 147 Å². The summed E-state index contributed by atoms with van der Waals surface area (Å²) in [7, 11) is 1.94. The number of nitrogens with zero attached hydrogens (tertiary/aromatic N) is 1. The molecule has 1 aromatic rings. The van der Waals surface area contributed by atoms with Crippen LogP contribution in [0, 0.1) is 0 Å². The zero-order valence-electron chi connectivity index (χ0n) is 13.1. The number of rotatable bonds is 5. The van der Waals surface area contributed by atoms with E-state index in [4.69, 9.17) is 0 Å². The average Bonchev–Trinajstić information content (AvgIpc) is 2.84. The number of para-hydroxylation sites is 1. The van der Waals surface area contributed by atoms with E-state index in [0.29, 0.717) is 6.54 Å². The van der Waals surface area contributed by atoms with Gasteiger partial charge in [-0.15, -0.1) is 24.8 Å². The second-order valence-corrected chi connectivity index (χ2v) is 5.53. The zero-order valence-corrected chi connectivity index (χ0v) is 14.7. The lowest BCUT2D eigenvalue weighted by Gasteiger charge is -2.27. The topological polar surface area (TPSA) is 44.4 Å². The van der Waals surface area contributed by atoms with E-state index in [2.05, 4.69) is 10.6 Å². The first-order chi connectivity index (χ1) is 9.89. The van der Waals surface area contributed by atoms with Crippen LogP contribution in [0.4, 0.5) is 14.5 Å². The Bertz CT molecular complexity index is 491. The molecule has 1 heterocycles. The summed E-state index contributed by atoms with van der Waals surface area (Å²) in [5.74, 6) is -3.14. The highest BCUT2D eigenvalue weighted by molar-refractivity contribution is 5.85. The molecule has 132 valence electrons. The maximum Gasteiger partial charge on any atom is 0.262 e. The molecular formula is C15H23Cl2F2N3O. The number of hydrogen-bond donors (Lipinski definition) is 2. The Balaban J connectivity index is 0.00000242. The number of hydrogen-bond acceptors (Lipinski definition) is 3. The Hall–Kier alpha value is -1.11. The number of amides is 1. The molecule has 0 radical (unpaired) electrons. The van der Waals surface area contributed by atoms with Crippen LogP contribution in [-0.2, 0) is 4.79 Å². The number of anilines is 1. The molecule has 2 rings (SSSR count). The van der Waals surface area contributed by atoms with Gasteiger partial charge in [-0.1, -0.05) is 18.2 Å². The molecule has 0 saturated carbocycles. The number of likely N-dealkylation sites (N-methyl/N-ethyl adjacent to an activating group) is 1. The number of nitrogens with one attached hydrogen (secondary N) is 2. The van der Waals surface area contributed by atoms with Gasteiger partial charge in [0.05, 0.1) is 12.6 Å². The van der Waals surface area contributed by atoms with Gasteiger partial charge in [0, 0.05) is 31.7 Å². The highest BCUT2D eigenvalue weighted by Gasteiger charge is 2.42. The monoisotopic (exact) mass is 369 g/mol. The van der Waals surface area contributed by atoms with Crippen molar-refractivity contribution >= 4 is 36.4 Å². The highest BCUT2D eigenvalue weighted by Crippen LogP contribution is 2.25. The smallest absolute Gasteiger partial charge is 0.262 e. The Morgan fingerprint density at radius 3 is 2.52 bits per heavy atom. The maximum absolute atomic E-state index is 13.1. The van der Waals surface area contributed by atoms with Gasteiger partial charge in [0.1, 0.15) is 0 Å². The molecule has 0 aliphatic carbocycles. The molecule has 2 unspecified atom stereocenters. The minimum atomic E-state index is -2.78. The molecule has 23 heavy (non-hydrogen) atoms. The van der Waals surface area contributed by atoms with Crippen LogP contribution in [0.5, 0.6) is 0 Å². The van der Waals surface area contributed by atoms with Crippen molar-refractivity contribution in [2.24, 2.45) is 0 Å². The van der Waals surface area contributed by atoms with Gasteiger partial charge in [-0.25, -0.2) is 8.78 Å². The minimum Gasteiger partial charge on any atom is -0.370 e. The molecule has 0 spiro atoms. The van der Waals surface area contributed by atoms with Crippen molar-refractivity contribution < 1.29 is 13.6 Å². The van der Waals surface area contributed by atoms with Gasteiger partial charge in [-0.2, -0.15) is 0 Å². The van der Waals surface area contributed by atoms with Gasteiger partial charge < -0.3 is 10.2 Å². The fourth-order valence-electron chi connectivity index (χ4n) is 2.33. The lowest BCUT2D eigenvalue weighted by Crippen LogP contribution is -2.46. The molecule has 0 aromatic heterocycles. The summed E-state index contributed by atoms with van der Waals surface area (Å²) in [4.78, 5) is 13.9. The van der Waals surface area contributed by atoms with E-state index in [9.17, 15) is 13.6 Å². The van der Waals surface area contributed by atoms with Crippen molar-refractivity contribution in [3.05, 3.63) is 30.3 Å². The van der Waals surface area contributed by atoms with Crippen LogP contribution in [0.2, 0.25) is 0 Å². The molecule has 1 aliphatic heterocycles. The molecule has 1 saturated heterocycles. The standard InChI is InChI=1S/C15H21F2N3O.2ClH/c1-11(20(2)12-6-4-3-5-7-12)9-18-14(21)13-8-15(16,17)10-19-13;;/h3-7,11,13,19H,8-10H2,1-2H3,(H,18,21);2*1H. The molecular weight excluding hydrogens is 347 g/mol. The lowest BCUT2D eigenvalue weighted by atomic mass is 10.1. The van der Waals surface area contributed by atoms with E-state index < -0.39 is 24.9 Å². The van der Waals surface area contributed by atoms with Gasteiger partial charge in [0.2, 0.25) is 5.91 Å². The molecule has 1 aliphatic rings. The van der Waals surface area contributed by atoms with E-state index in [1.807, 2.05) is 49.2 Å². The first-order valence-electron chi connectivity index (χ1n) is 7.06. The fraction of sp³-hybridized carbons (Fsp3) is 0.533. The van der Waals surface area contributed by atoms with Gasteiger partial charge in [-0.05, 0) is 19.1 Å². The Morgan fingerprint density at radius 1 is 1.39 bits per heavy atom. The molecule has 0 bridgehead atoms. The molecule has 1 fully saturated rings. The highest BCUT2D eigenvalue weighted by atomic mass is 35.5. The third-order valence-corrected chi connectivity index (χ3v) is 3.82. The van der Waals surface area contributed by atoms with E-state index >= 15 is 0 Å². The molecule has 4 nitrogen and oxygen atoms in total. The average molecular weight is 370 g/mol. The van der Waals surface area contributed by atoms with Crippen LogP contribution in [0.15, 0.2) is 30.3 Å². The summed E-state index contributed by atoms with van der Waals surface area (Å²) in [6.07, 6.45) is -0.429. The van der Waals surface area contributed by atoms with Crippen molar-refractivity contribution in [2.45, 2.75) is 31.4 Å². The molecule has 2 atom stereocenters. The summed E-state index contributed by atoms with van der Waals surface area (Å²) in [5, 5.41) is 5.29. The van der Waals surface area contributed by atoms with Gasteiger partial charge in [0.15, 0.2) is 0 Å². The van der Waals surface area contributed by atoms with E-state index in [1.165, 1.54) is 0 Å². The predicted octanol–water partition coefficient (Wildman–Crippen LogP) is 2.47. The predicted molar refractivity (Wildman–Crippen MR) is 93.2 cm³/mol. The number of carbonyl (C=O) groups is 1. The molecule has 8 heteroatoms. The molecule has 1 aromatic carbocycles. The van der Waals surface area contributed by atoms with Crippen LogP contribution in [-0.4, -0.2) is 44.1 Å². The maximum atomic E-state index is 13.1. The quantitative estimate of drug-likeness (QED) is 0.837. The largest absolute Gasteiger partial charge is 0.370 e. The summed E-state index contributed by atoms with van der Waals surface area (Å²) in [5.41, 5.74) is 1.05. The SMILES string of the molecule is CC(CNC(=O)C1CC(F)(F)CN1)N(C)c1ccccc1.Cl.Cl. The third-order valence-electron chi connectivity index (χ3n) is 3.82. The van der Waals surface area contributed by atoms with E-state index in [1.54, 1.807) is 0 Å². The van der Waals surface area contributed by atoms with Crippen molar-refractivity contribution in [3.63, 3.8) is 0 Å². The summed E-state index contributed by atoms with van der Waals surface area (Å²) in [6.45, 7) is 1.96. The van der Waals surface area contributed by atoms with Crippen molar-refractivity contribution in [1.29, 1.82) is 0 Å². The van der Waals surface area contributed by atoms with Crippen molar-refractivity contribution in [2.75, 3.05) is 25.0 Å². The normalized spacial score (nSPS) is 19.9. The number of halogens is 4. The fourth-order valence-corrected chi connectivity index (χ4v) is 2.33. The zero-order chi connectivity index (χ0) is 15.5. The van der Waals surface area contributed by atoms with Crippen LogP contribution in [0.3, 0.4) is 0 Å². The van der Waals surface area contributed by atoms with Crippen molar-refractivity contribution in [3.8, 4) is 0 Å². The van der Waals surface area contributed by atoms with Crippen LogP contribution < -0.4 is 15.5 Å². The second kappa shape index (κ2) is 9.25. The third kappa shape index (κ3) is 6.12. The number of benzene rings is 1. The first-order valence-corrected chi connectivity index (χ1v) is 7.06. The van der Waals surface area contributed by atoms with Crippen molar-refractivity contribution in [1.82, 2.24) is 10.6 Å². The van der Waals surface area contributed by atoms with Crippen LogP contribution >= 0.6 is 24.8 Å². The Morgan fingerprint density at radius 2 is 2.00 bits per heavy atom. The summed E-state index contributed by atoms with van der Waals surface area (Å²) < 4.78 is 26.1. The van der Waals surface area contributed by atoms with E-state index in [0.717, 1.165) is 5.69 Å². The summed E-state index contributed by atoms with van der Waals surface area (Å²) in [6, 6.07) is 9.07. The van der Waals surface area contributed by atoms with Gasteiger partial charge in [-0.3, -0.25) is 10.1 Å². The Kier molecular flexibility index (Phi) is 8.80. The number of alkyl halides is 2. The molecule has 1 amide bonds. The lowest BCUT2D eigenvalue weighted by molar-refractivity contribution is -0.123. The van der Waals surface area contributed by atoms with Gasteiger partial charge in [0.25, 0.3) is 5.92 Å². The van der Waals surface area contributed by atoms with E-state index in [-0.39, 0.29) is 36.8 Å². The second-order valence-electron chi connectivity index (χ2n) is 5.53. The molecule has 2 N–H and O–H groups in total. The summed E-state index contributed by atoms with van der Waals surface area (Å²) >= 11 is 0. The van der Waals surface area contributed by atoms with Crippen LogP contribution in [0.1, 0.15) is 13.3 Å². The number of carbonyl (C=O) groups excluding carboxylic acids is 1. The van der Waals surface area contributed by atoms with Gasteiger partial charge >= 0.3 is 0 Å². The first kappa shape index (κ1) is 21.9. The van der Waals surface area contributed by atoms with Crippen LogP contribution in [0.25, 0.3) is 0 Å². The minimum absolute atomic E-state index is 0.